The highest BCUT2D eigenvalue weighted by Gasteiger charge is 2.06. The second-order valence-electron chi connectivity index (χ2n) is 4.24. The van der Waals surface area contributed by atoms with Gasteiger partial charge in [-0.1, -0.05) is 17.6 Å². The van der Waals surface area contributed by atoms with Gasteiger partial charge in [-0.3, -0.25) is 4.98 Å². The Hall–Kier alpha value is -1.75. The monoisotopic (exact) mass is 246 g/mol. The van der Waals surface area contributed by atoms with Crippen molar-refractivity contribution in [2.24, 2.45) is 5.73 Å². The van der Waals surface area contributed by atoms with E-state index in [0.717, 1.165) is 43.6 Å². The zero-order chi connectivity index (χ0) is 12.6. The Bertz CT molecular complexity index is 455. The van der Waals surface area contributed by atoms with E-state index in [4.69, 9.17) is 10.3 Å². The Labute approximate surface area is 106 Å². The molecule has 0 aliphatic rings. The van der Waals surface area contributed by atoms with Gasteiger partial charge >= 0.3 is 0 Å². The summed E-state index contributed by atoms with van der Waals surface area (Å²) in [6.45, 7) is 0.746. The molecule has 0 radical (unpaired) electrons. The van der Waals surface area contributed by atoms with Gasteiger partial charge < -0.3 is 10.3 Å². The van der Waals surface area contributed by atoms with Gasteiger partial charge in [0.1, 0.15) is 0 Å². The number of nitrogens with zero attached hydrogens (tertiary/aromatic N) is 3. The summed E-state index contributed by atoms with van der Waals surface area (Å²) in [5.41, 5.74) is 6.53. The molecule has 0 bridgehead atoms. The van der Waals surface area contributed by atoms with Gasteiger partial charge in [0.15, 0.2) is 5.82 Å². The standard InChI is InChI=1S/C13H18N4O/c14-7-3-1-2-6-13-16-12(17-18-13)9-11-5-4-8-15-10-11/h4-5,8,10H,1-3,6-7,9,14H2. The topological polar surface area (TPSA) is 77.8 Å². The summed E-state index contributed by atoms with van der Waals surface area (Å²) in [5, 5.41) is 3.97. The number of pyridine rings is 1. The zero-order valence-electron chi connectivity index (χ0n) is 10.4. The largest absolute Gasteiger partial charge is 0.339 e. The van der Waals surface area contributed by atoms with Crippen molar-refractivity contribution in [2.75, 3.05) is 6.54 Å². The van der Waals surface area contributed by atoms with Crippen LogP contribution in [0.4, 0.5) is 0 Å². The third kappa shape index (κ3) is 3.92. The van der Waals surface area contributed by atoms with E-state index in [2.05, 4.69) is 15.1 Å². The summed E-state index contributed by atoms with van der Waals surface area (Å²) in [6.07, 6.45) is 8.28. The van der Waals surface area contributed by atoms with Crippen molar-refractivity contribution in [3.05, 3.63) is 41.8 Å². The van der Waals surface area contributed by atoms with E-state index in [1.807, 2.05) is 18.3 Å². The molecule has 0 saturated heterocycles. The molecule has 0 unspecified atom stereocenters. The molecule has 0 atom stereocenters. The molecule has 5 nitrogen and oxygen atoms in total. The van der Waals surface area contributed by atoms with E-state index in [9.17, 15) is 0 Å². The van der Waals surface area contributed by atoms with E-state index in [1.54, 1.807) is 6.20 Å². The van der Waals surface area contributed by atoms with Gasteiger partial charge in [0.25, 0.3) is 0 Å². The third-order valence-corrected chi connectivity index (χ3v) is 2.69. The van der Waals surface area contributed by atoms with Crippen LogP contribution >= 0.6 is 0 Å². The quantitative estimate of drug-likeness (QED) is 0.753. The lowest BCUT2D eigenvalue weighted by atomic mass is 10.2. The van der Waals surface area contributed by atoms with Crippen LogP contribution in [0.1, 0.15) is 36.5 Å². The minimum absolute atomic E-state index is 0.667. The van der Waals surface area contributed by atoms with E-state index < -0.39 is 0 Å². The molecule has 0 amide bonds. The average Bonchev–Trinajstić information content (AvgIpc) is 2.84. The Morgan fingerprint density at radius 1 is 1.22 bits per heavy atom. The van der Waals surface area contributed by atoms with E-state index in [-0.39, 0.29) is 0 Å². The average molecular weight is 246 g/mol. The van der Waals surface area contributed by atoms with Crippen molar-refractivity contribution in [1.29, 1.82) is 0 Å². The highest BCUT2D eigenvalue weighted by Crippen LogP contribution is 2.08. The first kappa shape index (κ1) is 12.7. The number of nitrogens with two attached hydrogens (primary N) is 1. The minimum atomic E-state index is 0.667. The summed E-state index contributed by atoms with van der Waals surface area (Å²) >= 11 is 0. The van der Waals surface area contributed by atoms with E-state index in [1.165, 1.54) is 0 Å². The number of unbranched alkanes of at least 4 members (excludes halogenated alkanes) is 2. The molecule has 0 aromatic carbocycles. The lowest BCUT2D eigenvalue weighted by Gasteiger charge is -1.94. The Balaban J connectivity index is 1.83. The molecule has 2 aromatic rings. The second-order valence-corrected chi connectivity index (χ2v) is 4.24. The molecule has 0 saturated carbocycles. The lowest BCUT2D eigenvalue weighted by Crippen LogP contribution is -1.98. The Morgan fingerprint density at radius 3 is 2.94 bits per heavy atom. The molecule has 0 spiro atoms. The Kier molecular flexibility index (Phi) is 4.84. The first-order valence-electron chi connectivity index (χ1n) is 6.29. The summed E-state index contributed by atoms with van der Waals surface area (Å²) in [4.78, 5) is 8.43. The number of rotatable bonds is 7. The molecule has 0 fully saturated rings. The fraction of sp³-hybridized carbons (Fsp3) is 0.462. The smallest absolute Gasteiger partial charge is 0.226 e. The van der Waals surface area contributed by atoms with Crippen molar-refractivity contribution in [1.82, 2.24) is 15.1 Å². The molecule has 18 heavy (non-hydrogen) atoms. The highest BCUT2D eigenvalue weighted by atomic mass is 16.5. The van der Waals surface area contributed by atoms with Crippen molar-refractivity contribution in [2.45, 2.75) is 32.1 Å². The number of hydrogen-bond donors (Lipinski definition) is 1. The van der Waals surface area contributed by atoms with Gasteiger partial charge in [-0.25, -0.2) is 0 Å². The van der Waals surface area contributed by atoms with E-state index >= 15 is 0 Å². The number of aromatic nitrogens is 3. The predicted molar refractivity (Wildman–Crippen MR) is 68.0 cm³/mol. The molecule has 2 N–H and O–H groups in total. The van der Waals surface area contributed by atoms with Crippen LogP contribution in [0.3, 0.4) is 0 Å². The molecule has 2 heterocycles. The van der Waals surface area contributed by atoms with Crippen LogP contribution in [0, 0.1) is 0 Å². The fourth-order valence-corrected chi connectivity index (χ4v) is 1.75. The Morgan fingerprint density at radius 2 is 2.17 bits per heavy atom. The van der Waals surface area contributed by atoms with Gasteiger partial charge in [0.05, 0.1) is 0 Å². The maximum absolute atomic E-state index is 5.44. The number of aryl methyl sites for hydroxylation is 1. The van der Waals surface area contributed by atoms with Crippen LogP contribution in [-0.4, -0.2) is 21.7 Å². The third-order valence-electron chi connectivity index (χ3n) is 2.69. The maximum atomic E-state index is 5.44. The molecule has 0 aliphatic carbocycles. The maximum Gasteiger partial charge on any atom is 0.226 e. The first-order chi connectivity index (χ1) is 8.88. The van der Waals surface area contributed by atoms with Crippen LogP contribution < -0.4 is 5.73 Å². The summed E-state index contributed by atoms with van der Waals surface area (Å²) < 4.78 is 5.20. The molecular weight excluding hydrogens is 228 g/mol. The summed E-state index contributed by atoms with van der Waals surface area (Å²) in [6, 6.07) is 3.91. The normalized spacial score (nSPS) is 10.7. The van der Waals surface area contributed by atoms with E-state index in [0.29, 0.717) is 12.3 Å². The molecular formula is C13H18N4O. The molecule has 5 heteroatoms. The lowest BCUT2D eigenvalue weighted by molar-refractivity contribution is 0.369. The van der Waals surface area contributed by atoms with Gasteiger partial charge in [-0.2, -0.15) is 4.98 Å². The van der Waals surface area contributed by atoms with Crippen LogP contribution in [0.2, 0.25) is 0 Å². The SMILES string of the molecule is NCCCCCc1nc(Cc2cccnc2)no1. The predicted octanol–water partition coefficient (Wildman–Crippen LogP) is 1.73. The van der Waals surface area contributed by atoms with Gasteiger partial charge in [-0.15, -0.1) is 0 Å². The zero-order valence-corrected chi connectivity index (χ0v) is 10.4. The van der Waals surface area contributed by atoms with Crippen LogP contribution in [0.25, 0.3) is 0 Å². The summed E-state index contributed by atoms with van der Waals surface area (Å²) in [5.74, 6) is 1.43. The molecule has 2 rings (SSSR count). The molecule has 0 aliphatic heterocycles. The van der Waals surface area contributed by atoms with Gasteiger partial charge in [-0.05, 0) is 31.0 Å². The van der Waals surface area contributed by atoms with Crippen molar-refractivity contribution < 1.29 is 4.52 Å². The van der Waals surface area contributed by atoms with Gasteiger partial charge in [0.2, 0.25) is 5.89 Å². The first-order valence-corrected chi connectivity index (χ1v) is 6.29. The van der Waals surface area contributed by atoms with Crippen LogP contribution in [0.5, 0.6) is 0 Å². The van der Waals surface area contributed by atoms with Gasteiger partial charge in [0, 0.05) is 25.2 Å². The number of hydrogen-bond acceptors (Lipinski definition) is 5. The fourth-order valence-electron chi connectivity index (χ4n) is 1.75. The van der Waals surface area contributed by atoms with Crippen molar-refractivity contribution >= 4 is 0 Å². The summed E-state index contributed by atoms with van der Waals surface area (Å²) in [7, 11) is 0. The minimum Gasteiger partial charge on any atom is -0.339 e. The molecule has 96 valence electrons. The van der Waals surface area contributed by atoms with Crippen molar-refractivity contribution in [3.8, 4) is 0 Å². The second kappa shape index (κ2) is 6.86. The van der Waals surface area contributed by atoms with Crippen molar-refractivity contribution in [3.63, 3.8) is 0 Å². The molecule has 2 aromatic heterocycles. The van der Waals surface area contributed by atoms with Crippen LogP contribution in [0.15, 0.2) is 29.0 Å². The highest BCUT2D eigenvalue weighted by molar-refractivity contribution is 5.13. The van der Waals surface area contributed by atoms with Crippen LogP contribution in [-0.2, 0) is 12.8 Å².